The van der Waals surface area contributed by atoms with Gasteiger partial charge in [0, 0.05) is 5.39 Å². The topological polar surface area (TPSA) is 52.3 Å². The summed E-state index contributed by atoms with van der Waals surface area (Å²) in [5.74, 6) is -0.371. The molecule has 2 aromatic heterocycles. The van der Waals surface area contributed by atoms with Crippen molar-refractivity contribution in [2.45, 2.75) is 0 Å². The number of furan rings is 1. The van der Waals surface area contributed by atoms with E-state index in [1.807, 2.05) is 0 Å². The molecule has 2 heterocycles. The molecular formula is C9H6ClNO3. The van der Waals surface area contributed by atoms with Gasteiger partial charge >= 0.3 is 5.97 Å². The second kappa shape index (κ2) is 3.31. The van der Waals surface area contributed by atoms with Gasteiger partial charge in [-0.15, -0.1) is 0 Å². The van der Waals surface area contributed by atoms with E-state index in [-0.39, 0.29) is 5.76 Å². The Hall–Kier alpha value is -1.55. The summed E-state index contributed by atoms with van der Waals surface area (Å²) in [7, 11) is 1.29. The number of hydrogen-bond acceptors (Lipinski definition) is 4. The lowest BCUT2D eigenvalue weighted by molar-refractivity contribution is 0.0567. The first-order chi connectivity index (χ1) is 6.70. The van der Waals surface area contributed by atoms with Crippen LogP contribution < -0.4 is 0 Å². The number of fused-ring (bicyclic) bond motifs is 1. The van der Waals surface area contributed by atoms with Gasteiger partial charge in [-0.05, 0) is 12.1 Å². The molecule has 5 heteroatoms. The zero-order valence-electron chi connectivity index (χ0n) is 7.28. The molecule has 0 spiro atoms. The number of pyridine rings is 1. The molecule has 4 nitrogen and oxygen atoms in total. The Bertz CT molecular complexity index is 492. The Kier molecular flexibility index (Phi) is 2.13. The minimum absolute atomic E-state index is 0.145. The van der Waals surface area contributed by atoms with Crippen LogP contribution in [0, 0.1) is 0 Å². The second-order valence-electron chi connectivity index (χ2n) is 2.65. The van der Waals surface area contributed by atoms with Crippen molar-refractivity contribution in [3.05, 3.63) is 29.2 Å². The molecule has 14 heavy (non-hydrogen) atoms. The summed E-state index contributed by atoms with van der Waals surface area (Å²) < 4.78 is 9.69. The minimum atomic E-state index is -0.516. The lowest BCUT2D eigenvalue weighted by atomic mass is 10.3. The number of methoxy groups -OCH3 is 1. The van der Waals surface area contributed by atoms with Gasteiger partial charge in [0.05, 0.1) is 13.3 Å². The van der Waals surface area contributed by atoms with E-state index in [4.69, 9.17) is 16.0 Å². The van der Waals surface area contributed by atoms with Gasteiger partial charge in [0.2, 0.25) is 5.76 Å². The van der Waals surface area contributed by atoms with Gasteiger partial charge in [-0.25, -0.2) is 9.78 Å². The molecule has 0 saturated heterocycles. The molecule has 2 rings (SSSR count). The largest absolute Gasteiger partial charge is 0.463 e. The Morgan fingerprint density at radius 2 is 2.36 bits per heavy atom. The van der Waals surface area contributed by atoms with Crippen LogP contribution >= 0.6 is 11.6 Å². The molecule has 0 unspecified atom stereocenters. The highest BCUT2D eigenvalue weighted by atomic mass is 35.5. The smallest absolute Gasteiger partial charge is 0.373 e. The highest BCUT2D eigenvalue weighted by Crippen LogP contribution is 2.21. The van der Waals surface area contributed by atoms with E-state index in [0.29, 0.717) is 10.7 Å². The summed E-state index contributed by atoms with van der Waals surface area (Å²) in [6, 6.07) is 3.18. The lowest BCUT2D eigenvalue weighted by Crippen LogP contribution is -1.97. The predicted molar refractivity (Wildman–Crippen MR) is 50.4 cm³/mol. The fourth-order valence-corrected chi connectivity index (χ4v) is 1.29. The number of ether oxygens (including phenoxy) is 1. The summed E-state index contributed by atoms with van der Waals surface area (Å²) >= 11 is 5.67. The van der Waals surface area contributed by atoms with Crippen molar-refractivity contribution < 1.29 is 13.9 Å². The second-order valence-corrected chi connectivity index (χ2v) is 3.03. The summed E-state index contributed by atoms with van der Waals surface area (Å²) in [6.45, 7) is 0. The van der Waals surface area contributed by atoms with Crippen LogP contribution in [0.25, 0.3) is 11.0 Å². The maximum absolute atomic E-state index is 11.1. The van der Waals surface area contributed by atoms with E-state index in [0.717, 1.165) is 5.39 Å². The quantitative estimate of drug-likeness (QED) is 0.536. The molecule has 0 amide bonds. The average Bonchev–Trinajstić information content (AvgIpc) is 2.59. The molecule has 0 N–H and O–H groups in total. The molecule has 0 bridgehead atoms. The molecule has 0 radical (unpaired) electrons. The van der Waals surface area contributed by atoms with Gasteiger partial charge in [-0.3, -0.25) is 0 Å². The summed E-state index contributed by atoms with van der Waals surface area (Å²) in [4.78, 5) is 14.9. The molecule has 0 fully saturated rings. The summed E-state index contributed by atoms with van der Waals surface area (Å²) in [5, 5.41) is 1.08. The first-order valence-electron chi connectivity index (χ1n) is 3.84. The molecule has 0 saturated carbocycles. The first kappa shape index (κ1) is 9.02. The van der Waals surface area contributed by atoms with E-state index in [1.54, 1.807) is 12.1 Å². The van der Waals surface area contributed by atoms with Crippen molar-refractivity contribution in [2.24, 2.45) is 0 Å². The van der Waals surface area contributed by atoms with Crippen LogP contribution in [0.1, 0.15) is 10.6 Å². The van der Waals surface area contributed by atoms with E-state index >= 15 is 0 Å². The number of rotatable bonds is 1. The van der Waals surface area contributed by atoms with Crippen molar-refractivity contribution in [3.8, 4) is 0 Å². The maximum Gasteiger partial charge on any atom is 0.373 e. The number of carbonyl (C=O) groups excluding carboxylic acids is 1. The molecule has 72 valence electrons. The van der Waals surface area contributed by atoms with Crippen LogP contribution in [0.5, 0.6) is 0 Å². The van der Waals surface area contributed by atoms with E-state index in [9.17, 15) is 4.79 Å². The highest BCUT2D eigenvalue weighted by molar-refractivity contribution is 6.30. The number of esters is 1. The van der Waals surface area contributed by atoms with Crippen LogP contribution in [-0.2, 0) is 4.74 Å². The zero-order chi connectivity index (χ0) is 10.1. The Morgan fingerprint density at radius 3 is 3.07 bits per heavy atom. The molecule has 2 aromatic rings. The molecular weight excluding hydrogens is 206 g/mol. The standard InChI is InChI=1S/C9H6ClNO3/c1-13-9(12)6-2-5-3-8(10)11-4-7(5)14-6/h2-4H,1H3. The minimum Gasteiger partial charge on any atom is -0.463 e. The fraction of sp³-hybridized carbons (Fsp3) is 0.111. The fourth-order valence-electron chi connectivity index (χ4n) is 1.12. The third-order valence-corrected chi connectivity index (χ3v) is 1.96. The maximum atomic E-state index is 11.1. The summed E-state index contributed by atoms with van der Waals surface area (Å²) in [6.07, 6.45) is 1.46. The molecule has 0 aliphatic carbocycles. The SMILES string of the molecule is COC(=O)c1cc2cc(Cl)ncc2o1. The van der Waals surface area contributed by atoms with Crippen molar-refractivity contribution in [1.29, 1.82) is 0 Å². The Labute approximate surface area is 84.4 Å². The van der Waals surface area contributed by atoms with E-state index in [1.165, 1.54) is 13.3 Å². The van der Waals surface area contributed by atoms with Gasteiger partial charge in [-0.1, -0.05) is 11.6 Å². The van der Waals surface area contributed by atoms with Crippen LogP contribution in [0.3, 0.4) is 0 Å². The van der Waals surface area contributed by atoms with E-state index < -0.39 is 5.97 Å². The Balaban J connectivity index is 2.56. The number of halogens is 1. The van der Waals surface area contributed by atoms with Crippen molar-refractivity contribution in [2.75, 3.05) is 7.11 Å². The van der Waals surface area contributed by atoms with Gasteiger partial charge in [0.25, 0.3) is 0 Å². The molecule has 0 aliphatic rings. The van der Waals surface area contributed by atoms with E-state index in [2.05, 4.69) is 9.72 Å². The van der Waals surface area contributed by atoms with Gasteiger partial charge in [0.1, 0.15) is 5.15 Å². The number of aromatic nitrogens is 1. The molecule has 0 aliphatic heterocycles. The van der Waals surface area contributed by atoms with Crippen molar-refractivity contribution >= 4 is 28.5 Å². The number of nitrogens with zero attached hydrogens (tertiary/aromatic N) is 1. The van der Waals surface area contributed by atoms with Gasteiger partial charge in [0.15, 0.2) is 5.58 Å². The monoisotopic (exact) mass is 211 g/mol. The normalized spacial score (nSPS) is 10.4. The summed E-state index contributed by atoms with van der Waals surface area (Å²) in [5.41, 5.74) is 0.509. The third kappa shape index (κ3) is 1.44. The third-order valence-electron chi connectivity index (χ3n) is 1.76. The molecule has 0 aromatic carbocycles. The number of hydrogen-bond donors (Lipinski definition) is 0. The van der Waals surface area contributed by atoms with Crippen molar-refractivity contribution in [3.63, 3.8) is 0 Å². The van der Waals surface area contributed by atoms with Crippen molar-refractivity contribution in [1.82, 2.24) is 4.98 Å². The van der Waals surface area contributed by atoms with Gasteiger partial charge < -0.3 is 9.15 Å². The Morgan fingerprint density at radius 1 is 1.57 bits per heavy atom. The zero-order valence-corrected chi connectivity index (χ0v) is 8.04. The number of carbonyl (C=O) groups is 1. The van der Waals surface area contributed by atoms with Crippen LogP contribution in [0.4, 0.5) is 0 Å². The predicted octanol–water partition coefficient (Wildman–Crippen LogP) is 2.27. The van der Waals surface area contributed by atoms with Crippen LogP contribution in [-0.4, -0.2) is 18.1 Å². The lowest BCUT2D eigenvalue weighted by Gasteiger charge is -1.90. The van der Waals surface area contributed by atoms with Gasteiger partial charge in [-0.2, -0.15) is 0 Å². The first-order valence-corrected chi connectivity index (χ1v) is 4.22. The van der Waals surface area contributed by atoms with Crippen LogP contribution in [0.15, 0.2) is 22.7 Å². The average molecular weight is 212 g/mol. The molecule has 0 atom stereocenters. The van der Waals surface area contributed by atoms with Crippen LogP contribution in [0.2, 0.25) is 5.15 Å². The highest BCUT2D eigenvalue weighted by Gasteiger charge is 2.12.